The first kappa shape index (κ1) is 19.6. The van der Waals surface area contributed by atoms with Crippen molar-refractivity contribution in [2.75, 3.05) is 11.1 Å². The zero-order chi connectivity index (χ0) is 20.3. The lowest BCUT2D eigenvalue weighted by Gasteiger charge is -2.10. The monoisotopic (exact) mass is 407 g/mol. The molecule has 0 fully saturated rings. The molecule has 0 aliphatic carbocycles. The van der Waals surface area contributed by atoms with Crippen LogP contribution in [0.1, 0.15) is 16.1 Å². The maximum Gasteiger partial charge on any atom is 0.416 e. The molecule has 0 saturated carbocycles. The SMILES string of the molecule is O=C(CSc1nc(C(=O)O)c2ccccc2n1)Nc1cccc(C(F)(F)F)c1. The second kappa shape index (κ2) is 7.85. The summed E-state index contributed by atoms with van der Waals surface area (Å²) in [6.45, 7) is 0. The van der Waals surface area contributed by atoms with Gasteiger partial charge in [0.15, 0.2) is 10.9 Å². The normalized spacial score (nSPS) is 11.4. The number of para-hydroxylation sites is 1. The van der Waals surface area contributed by atoms with Crippen LogP contribution in [0.3, 0.4) is 0 Å². The molecule has 0 atom stereocenters. The highest BCUT2D eigenvalue weighted by atomic mass is 32.2. The lowest BCUT2D eigenvalue weighted by atomic mass is 10.2. The molecular weight excluding hydrogens is 395 g/mol. The molecule has 0 spiro atoms. The van der Waals surface area contributed by atoms with Crippen LogP contribution in [-0.2, 0) is 11.0 Å². The number of amides is 1. The van der Waals surface area contributed by atoms with Crippen molar-refractivity contribution in [2.24, 2.45) is 0 Å². The number of thioether (sulfide) groups is 1. The van der Waals surface area contributed by atoms with Crippen molar-refractivity contribution in [3.63, 3.8) is 0 Å². The molecule has 10 heteroatoms. The minimum absolute atomic E-state index is 0.00563. The Kier molecular flexibility index (Phi) is 5.50. The fourth-order valence-corrected chi connectivity index (χ4v) is 3.03. The molecular formula is C18H12F3N3O3S. The molecule has 0 aliphatic rings. The summed E-state index contributed by atoms with van der Waals surface area (Å²) in [7, 11) is 0. The second-order valence-electron chi connectivity index (χ2n) is 5.59. The van der Waals surface area contributed by atoms with E-state index in [9.17, 15) is 27.9 Å². The number of hydrogen-bond acceptors (Lipinski definition) is 5. The molecule has 0 saturated heterocycles. The number of nitrogens with one attached hydrogen (secondary N) is 1. The summed E-state index contributed by atoms with van der Waals surface area (Å²) < 4.78 is 38.2. The number of aromatic carboxylic acids is 1. The third kappa shape index (κ3) is 4.58. The number of hydrogen-bond donors (Lipinski definition) is 2. The number of aromatic nitrogens is 2. The molecule has 2 N–H and O–H groups in total. The van der Waals surface area contributed by atoms with E-state index in [2.05, 4.69) is 15.3 Å². The van der Waals surface area contributed by atoms with Crippen LogP contribution in [-0.4, -0.2) is 32.7 Å². The Labute approximate surface area is 160 Å². The number of halogens is 3. The van der Waals surface area contributed by atoms with Crippen molar-refractivity contribution in [2.45, 2.75) is 11.3 Å². The van der Waals surface area contributed by atoms with Gasteiger partial charge in [-0.3, -0.25) is 4.79 Å². The number of rotatable bonds is 5. The molecule has 1 aromatic heterocycles. The first-order valence-electron chi connectivity index (χ1n) is 7.84. The van der Waals surface area contributed by atoms with Gasteiger partial charge >= 0.3 is 12.1 Å². The number of alkyl halides is 3. The Morgan fingerprint density at radius 3 is 2.54 bits per heavy atom. The van der Waals surface area contributed by atoms with E-state index < -0.39 is 23.6 Å². The van der Waals surface area contributed by atoms with Crippen LogP contribution in [0, 0.1) is 0 Å². The van der Waals surface area contributed by atoms with E-state index >= 15 is 0 Å². The maximum absolute atomic E-state index is 12.7. The molecule has 3 aromatic rings. The van der Waals surface area contributed by atoms with Crippen LogP contribution in [0.25, 0.3) is 10.9 Å². The minimum atomic E-state index is -4.51. The number of benzene rings is 2. The molecule has 28 heavy (non-hydrogen) atoms. The van der Waals surface area contributed by atoms with Gasteiger partial charge in [-0.1, -0.05) is 36.0 Å². The summed E-state index contributed by atoms with van der Waals surface area (Å²) in [5.41, 5.74) is -0.643. The standard InChI is InChI=1S/C18H12F3N3O3S/c19-18(20,21)10-4-3-5-11(8-10)22-14(25)9-28-17-23-13-7-2-1-6-12(13)15(24-17)16(26)27/h1-8H,9H2,(H,22,25)(H,26,27). The van der Waals surface area contributed by atoms with Crippen molar-refractivity contribution in [3.05, 3.63) is 59.8 Å². The van der Waals surface area contributed by atoms with Crippen molar-refractivity contribution < 1.29 is 27.9 Å². The predicted molar refractivity (Wildman–Crippen MR) is 97.3 cm³/mol. The van der Waals surface area contributed by atoms with Crippen molar-refractivity contribution in [1.82, 2.24) is 9.97 Å². The highest BCUT2D eigenvalue weighted by Crippen LogP contribution is 2.30. The van der Waals surface area contributed by atoms with E-state index in [0.717, 1.165) is 23.9 Å². The van der Waals surface area contributed by atoms with Gasteiger partial charge in [0.2, 0.25) is 5.91 Å². The Bertz CT molecular complexity index is 1060. The number of carbonyl (C=O) groups is 2. The molecule has 144 valence electrons. The molecule has 2 aromatic carbocycles. The Morgan fingerprint density at radius 1 is 1.07 bits per heavy atom. The summed E-state index contributed by atoms with van der Waals surface area (Å²) >= 11 is 0.884. The predicted octanol–water partition coefficient (Wildman–Crippen LogP) is 4.08. The smallest absolute Gasteiger partial charge is 0.416 e. The summed E-state index contributed by atoms with van der Waals surface area (Å²) in [6, 6.07) is 10.8. The average molecular weight is 407 g/mol. The molecule has 1 amide bonds. The van der Waals surface area contributed by atoms with Gasteiger partial charge in [-0.05, 0) is 24.3 Å². The quantitative estimate of drug-likeness (QED) is 0.489. The summed E-state index contributed by atoms with van der Waals surface area (Å²) in [5, 5.41) is 12.1. The zero-order valence-electron chi connectivity index (χ0n) is 14.0. The van der Waals surface area contributed by atoms with Gasteiger partial charge in [0, 0.05) is 11.1 Å². The number of carboxylic acids is 1. The lowest BCUT2D eigenvalue weighted by Crippen LogP contribution is -2.15. The van der Waals surface area contributed by atoms with Crippen LogP contribution in [0.15, 0.2) is 53.7 Å². The van der Waals surface area contributed by atoms with E-state index in [1.54, 1.807) is 24.3 Å². The van der Waals surface area contributed by atoms with Gasteiger partial charge in [0.05, 0.1) is 16.8 Å². The van der Waals surface area contributed by atoms with Crippen LogP contribution in [0.4, 0.5) is 18.9 Å². The van der Waals surface area contributed by atoms with Gasteiger partial charge in [0.25, 0.3) is 0 Å². The molecule has 3 rings (SSSR count). The third-order valence-corrected chi connectivity index (χ3v) is 4.44. The van der Waals surface area contributed by atoms with Gasteiger partial charge in [0.1, 0.15) is 0 Å². The topological polar surface area (TPSA) is 92.2 Å². The molecule has 0 radical (unpaired) electrons. The molecule has 0 aliphatic heterocycles. The number of carbonyl (C=O) groups excluding carboxylic acids is 1. The van der Waals surface area contributed by atoms with Gasteiger partial charge in [-0.25, -0.2) is 14.8 Å². The number of carboxylic acid groups (broad SMARTS) is 1. The zero-order valence-corrected chi connectivity index (χ0v) is 14.8. The Hall–Kier alpha value is -3.14. The van der Waals surface area contributed by atoms with Crippen LogP contribution in [0.5, 0.6) is 0 Å². The Morgan fingerprint density at radius 2 is 1.82 bits per heavy atom. The Balaban J connectivity index is 1.72. The van der Waals surface area contributed by atoms with Gasteiger partial charge < -0.3 is 10.4 Å². The van der Waals surface area contributed by atoms with Gasteiger partial charge in [-0.2, -0.15) is 13.2 Å². The summed E-state index contributed by atoms with van der Waals surface area (Å²) in [4.78, 5) is 31.6. The van der Waals surface area contributed by atoms with E-state index in [4.69, 9.17) is 0 Å². The van der Waals surface area contributed by atoms with E-state index in [1.807, 2.05) is 0 Å². The molecule has 1 heterocycles. The molecule has 6 nitrogen and oxygen atoms in total. The number of fused-ring (bicyclic) bond motifs is 1. The average Bonchev–Trinajstić information content (AvgIpc) is 2.65. The highest BCUT2D eigenvalue weighted by Gasteiger charge is 2.30. The van der Waals surface area contributed by atoms with Crippen molar-refractivity contribution in [1.29, 1.82) is 0 Å². The second-order valence-corrected chi connectivity index (χ2v) is 6.54. The third-order valence-electron chi connectivity index (χ3n) is 3.59. The first-order chi connectivity index (χ1) is 13.2. The minimum Gasteiger partial charge on any atom is -0.476 e. The number of nitrogens with zero attached hydrogens (tertiary/aromatic N) is 2. The van der Waals surface area contributed by atoms with E-state index in [1.165, 1.54) is 12.1 Å². The highest BCUT2D eigenvalue weighted by molar-refractivity contribution is 7.99. The summed E-state index contributed by atoms with van der Waals surface area (Å²) in [6.07, 6.45) is -4.51. The van der Waals surface area contributed by atoms with E-state index in [-0.39, 0.29) is 22.3 Å². The van der Waals surface area contributed by atoms with E-state index in [0.29, 0.717) is 10.9 Å². The largest absolute Gasteiger partial charge is 0.476 e. The van der Waals surface area contributed by atoms with Crippen LogP contribution >= 0.6 is 11.8 Å². The fraction of sp³-hybridized carbons (Fsp3) is 0.111. The number of anilines is 1. The van der Waals surface area contributed by atoms with Gasteiger partial charge in [-0.15, -0.1) is 0 Å². The molecule has 0 unspecified atom stereocenters. The summed E-state index contributed by atoms with van der Waals surface area (Å²) in [5.74, 6) is -2.00. The molecule has 0 bridgehead atoms. The fourth-order valence-electron chi connectivity index (χ4n) is 2.38. The van der Waals surface area contributed by atoms with Crippen LogP contribution in [0.2, 0.25) is 0 Å². The lowest BCUT2D eigenvalue weighted by molar-refractivity contribution is -0.137. The van der Waals surface area contributed by atoms with Crippen LogP contribution < -0.4 is 5.32 Å². The van der Waals surface area contributed by atoms with Crippen molar-refractivity contribution in [3.8, 4) is 0 Å². The first-order valence-corrected chi connectivity index (χ1v) is 8.82. The maximum atomic E-state index is 12.7. The van der Waals surface area contributed by atoms with Crippen molar-refractivity contribution >= 4 is 40.2 Å².